The molecule has 218 valence electrons. The van der Waals surface area contributed by atoms with Crippen LogP contribution >= 0.6 is 35.0 Å². The molecule has 2 atom stereocenters. The molecule has 5 nitrogen and oxygen atoms in total. The molecule has 2 aliphatic heterocycles. The van der Waals surface area contributed by atoms with E-state index in [9.17, 15) is 4.79 Å². The fourth-order valence-electron chi connectivity index (χ4n) is 6.90. The van der Waals surface area contributed by atoms with Crippen LogP contribution in [-0.4, -0.2) is 57.0 Å². The first kappa shape index (κ1) is 29.1. The molecule has 2 heterocycles. The van der Waals surface area contributed by atoms with E-state index in [1.54, 1.807) is 11.8 Å². The molecule has 0 saturated heterocycles. The largest absolute Gasteiger partial charge is 0.333 e. The molecular formula is C33H40Cl2N4OS. The summed E-state index contributed by atoms with van der Waals surface area (Å²) in [7, 11) is 2.26. The van der Waals surface area contributed by atoms with Crippen molar-refractivity contribution in [2.45, 2.75) is 96.1 Å². The molecule has 0 radical (unpaired) electrons. The van der Waals surface area contributed by atoms with Gasteiger partial charge in [0.05, 0.1) is 6.04 Å². The molecule has 0 aromatic heterocycles. The summed E-state index contributed by atoms with van der Waals surface area (Å²) in [6, 6.07) is 17.7. The van der Waals surface area contributed by atoms with Gasteiger partial charge in [-0.15, -0.1) is 0 Å². The van der Waals surface area contributed by atoms with Crippen molar-refractivity contribution in [1.82, 2.24) is 14.7 Å². The number of nitrogens with zero attached hydrogens (tertiary/aromatic N) is 4. The number of amidine groups is 1. The predicted octanol–water partition coefficient (Wildman–Crippen LogP) is 8.10. The third-order valence-electron chi connectivity index (χ3n) is 9.34. The maximum atomic E-state index is 14.5. The van der Waals surface area contributed by atoms with Gasteiger partial charge in [-0.25, -0.2) is 4.99 Å². The van der Waals surface area contributed by atoms with Crippen LogP contribution in [0.15, 0.2) is 64.1 Å². The molecule has 6 rings (SSSR count). The standard InChI is InChI=1S/C33H40Cl2N4OS/c1-19(2)28-29(31(40)38(20(3)4)27-17-26(18-27)37(6)25-15-16-25)41-32-36-33(5,22-9-13-24(35)14-10-22)30(39(28)32)21-7-11-23(34)12-8-21/h7-14,19-20,25-27,30H,15-18H2,1-6H3/t26-,27+,30-,33+/m1/s1. The Hall–Kier alpha value is -1.99. The van der Waals surface area contributed by atoms with E-state index in [2.05, 4.69) is 80.6 Å². The van der Waals surface area contributed by atoms with Gasteiger partial charge in [-0.3, -0.25) is 4.79 Å². The number of amides is 1. The predicted molar refractivity (Wildman–Crippen MR) is 171 cm³/mol. The van der Waals surface area contributed by atoms with Gasteiger partial charge in [-0.2, -0.15) is 0 Å². The van der Waals surface area contributed by atoms with Gasteiger partial charge in [0, 0.05) is 39.9 Å². The number of benzene rings is 2. The molecule has 2 aromatic rings. The Kier molecular flexibility index (Phi) is 7.76. The zero-order valence-electron chi connectivity index (χ0n) is 24.8. The van der Waals surface area contributed by atoms with Crippen LogP contribution in [0.4, 0.5) is 0 Å². The first-order valence-corrected chi connectivity index (χ1v) is 16.4. The van der Waals surface area contributed by atoms with Gasteiger partial charge in [0.1, 0.15) is 10.4 Å². The van der Waals surface area contributed by atoms with Gasteiger partial charge < -0.3 is 14.7 Å². The van der Waals surface area contributed by atoms with Crippen LogP contribution in [-0.2, 0) is 10.3 Å². The number of allylic oxidation sites excluding steroid dienone is 1. The molecule has 0 bridgehead atoms. The van der Waals surface area contributed by atoms with Gasteiger partial charge in [0.15, 0.2) is 5.17 Å². The molecular weight excluding hydrogens is 571 g/mol. The van der Waals surface area contributed by atoms with Crippen LogP contribution in [0.25, 0.3) is 0 Å². The highest BCUT2D eigenvalue weighted by Gasteiger charge is 2.54. The van der Waals surface area contributed by atoms with Crippen molar-refractivity contribution >= 4 is 46.0 Å². The van der Waals surface area contributed by atoms with Crippen molar-refractivity contribution in [3.8, 4) is 0 Å². The van der Waals surface area contributed by atoms with Crippen molar-refractivity contribution in [3.63, 3.8) is 0 Å². The van der Waals surface area contributed by atoms with Gasteiger partial charge >= 0.3 is 0 Å². The topological polar surface area (TPSA) is 39.2 Å². The van der Waals surface area contributed by atoms with E-state index in [0.29, 0.717) is 16.1 Å². The summed E-state index contributed by atoms with van der Waals surface area (Å²) in [6.07, 6.45) is 4.73. The van der Waals surface area contributed by atoms with Crippen molar-refractivity contribution in [3.05, 3.63) is 80.3 Å². The second kappa shape index (κ2) is 10.9. The van der Waals surface area contributed by atoms with Crippen LogP contribution in [0.5, 0.6) is 0 Å². The third kappa shape index (κ3) is 5.13. The maximum Gasteiger partial charge on any atom is 0.263 e. The smallest absolute Gasteiger partial charge is 0.263 e. The Morgan fingerprint density at radius 3 is 2.07 bits per heavy atom. The van der Waals surface area contributed by atoms with E-state index in [1.807, 2.05) is 24.3 Å². The van der Waals surface area contributed by atoms with Gasteiger partial charge in [0.25, 0.3) is 5.91 Å². The molecule has 2 fully saturated rings. The Labute approximate surface area is 259 Å². The van der Waals surface area contributed by atoms with E-state index in [4.69, 9.17) is 28.2 Å². The SMILES string of the molecule is CC(C)C1=C(C(=O)N(C(C)C)[C@H]2C[C@@H](N(C)C3CC3)C2)SC2=N[C@@](C)(c3ccc(Cl)cc3)[C@@H](c3ccc(Cl)cc3)N21. The molecule has 2 aromatic carbocycles. The summed E-state index contributed by atoms with van der Waals surface area (Å²) in [4.78, 5) is 27.7. The fraction of sp³-hybridized carbons (Fsp3) is 0.515. The van der Waals surface area contributed by atoms with Crippen molar-refractivity contribution in [2.75, 3.05) is 7.05 Å². The third-order valence-corrected chi connectivity index (χ3v) is 10.9. The highest BCUT2D eigenvalue weighted by Crippen LogP contribution is 2.56. The number of carbonyl (C=O) groups is 1. The van der Waals surface area contributed by atoms with Gasteiger partial charge in [0.2, 0.25) is 0 Å². The van der Waals surface area contributed by atoms with Crippen molar-refractivity contribution < 1.29 is 4.79 Å². The average Bonchev–Trinajstić information content (AvgIpc) is 3.62. The number of aliphatic imine (C=N–C) groups is 1. The maximum absolute atomic E-state index is 14.5. The summed E-state index contributed by atoms with van der Waals surface area (Å²) in [5.74, 6) is 0.284. The van der Waals surface area contributed by atoms with E-state index < -0.39 is 5.54 Å². The first-order chi connectivity index (χ1) is 19.5. The Bertz CT molecular complexity index is 1380. The number of fused-ring (bicyclic) bond motifs is 1. The van der Waals surface area contributed by atoms with Crippen LogP contribution in [0.1, 0.15) is 77.5 Å². The molecule has 2 aliphatic carbocycles. The normalized spacial score (nSPS) is 27.5. The van der Waals surface area contributed by atoms with Crippen molar-refractivity contribution in [1.29, 1.82) is 0 Å². The molecule has 2 saturated carbocycles. The molecule has 4 aliphatic rings. The Morgan fingerprint density at radius 2 is 1.54 bits per heavy atom. The lowest BCUT2D eigenvalue weighted by molar-refractivity contribution is -0.134. The van der Waals surface area contributed by atoms with Gasteiger partial charge in [-0.05, 0) is 107 Å². The van der Waals surface area contributed by atoms with Crippen LogP contribution in [0.3, 0.4) is 0 Å². The number of halogens is 2. The molecule has 0 unspecified atom stereocenters. The molecule has 0 spiro atoms. The average molecular weight is 612 g/mol. The van der Waals surface area contributed by atoms with Crippen LogP contribution < -0.4 is 0 Å². The Balaban J connectivity index is 1.37. The minimum absolute atomic E-state index is 0.126. The summed E-state index contributed by atoms with van der Waals surface area (Å²) >= 11 is 14.1. The lowest BCUT2D eigenvalue weighted by atomic mass is 9.81. The summed E-state index contributed by atoms with van der Waals surface area (Å²) in [5, 5.41) is 2.29. The Morgan fingerprint density at radius 1 is 0.951 bits per heavy atom. The number of hydrogen-bond donors (Lipinski definition) is 0. The zero-order valence-corrected chi connectivity index (χ0v) is 27.1. The number of rotatable bonds is 8. The first-order valence-electron chi connectivity index (χ1n) is 14.9. The second-order valence-corrected chi connectivity index (χ2v) is 14.7. The molecule has 41 heavy (non-hydrogen) atoms. The highest BCUT2D eigenvalue weighted by atomic mass is 35.5. The van der Waals surface area contributed by atoms with E-state index in [0.717, 1.165) is 45.8 Å². The second-order valence-electron chi connectivity index (χ2n) is 12.8. The summed E-state index contributed by atoms with van der Waals surface area (Å²) in [6.45, 7) is 10.9. The van der Waals surface area contributed by atoms with Crippen LogP contribution in [0.2, 0.25) is 10.0 Å². The summed E-state index contributed by atoms with van der Waals surface area (Å²) < 4.78 is 0. The molecule has 8 heteroatoms. The van der Waals surface area contributed by atoms with Gasteiger partial charge in [-0.1, -0.05) is 61.3 Å². The minimum atomic E-state index is -0.568. The van der Waals surface area contributed by atoms with E-state index >= 15 is 0 Å². The number of hydrogen-bond acceptors (Lipinski definition) is 5. The monoisotopic (exact) mass is 610 g/mol. The lowest BCUT2D eigenvalue weighted by Gasteiger charge is -2.48. The highest BCUT2D eigenvalue weighted by molar-refractivity contribution is 8.18. The van der Waals surface area contributed by atoms with E-state index in [-0.39, 0.29) is 30.0 Å². The molecule has 0 N–H and O–H groups in total. The summed E-state index contributed by atoms with van der Waals surface area (Å²) in [5.41, 5.74) is 2.70. The zero-order chi connectivity index (χ0) is 29.2. The van der Waals surface area contributed by atoms with Crippen LogP contribution in [0, 0.1) is 5.92 Å². The minimum Gasteiger partial charge on any atom is -0.333 e. The lowest BCUT2D eigenvalue weighted by Crippen LogP contribution is -2.57. The van der Waals surface area contributed by atoms with Crippen molar-refractivity contribution in [2.24, 2.45) is 10.9 Å². The number of thioether (sulfide) groups is 1. The quantitative estimate of drug-likeness (QED) is 0.303. The fourth-order valence-corrected chi connectivity index (χ4v) is 8.51. The molecule has 1 amide bonds. The number of carbonyl (C=O) groups excluding carboxylic acids is 1. The van der Waals surface area contributed by atoms with E-state index in [1.165, 1.54) is 12.8 Å².